The third kappa shape index (κ3) is 1.36. The number of carboxylic acids is 1. The summed E-state index contributed by atoms with van der Waals surface area (Å²) in [5.74, 6) is -1.50. The molecule has 2 rings (SSSR count). The molecule has 2 aromatic rings. The first kappa shape index (κ1) is 8.77. The van der Waals surface area contributed by atoms with Crippen molar-refractivity contribution in [3.63, 3.8) is 0 Å². The lowest BCUT2D eigenvalue weighted by molar-refractivity contribution is -0.315. The monoisotopic (exact) mass is 190 g/mol. The van der Waals surface area contributed by atoms with Crippen molar-refractivity contribution in [3.8, 4) is 0 Å². The van der Waals surface area contributed by atoms with E-state index < -0.39 is 12.1 Å². The van der Waals surface area contributed by atoms with E-state index in [1.165, 1.54) is 0 Å². The van der Waals surface area contributed by atoms with Gasteiger partial charge in [-0.2, -0.15) is 0 Å². The third-order valence-electron chi connectivity index (χ3n) is 2.07. The minimum absolute atomic E-state index is 0.242. The quantitative estimate of drug-likeness (QED) is 0.697. The molecule has 0 aliphatic carbocycles. The van der Waals surface area contributed by atoms with Crippen LogP contribution in [-0.4, -0.2) is 16.1 Å². The summed E-state index contributed by atoms with van der Waals surface area (Å²) in [4.78, 5) is 13.2. The zero-order valence-corrected chi connectivity index (χ0v) is 7.23. The fraction of sp³-hybridized carbons (Fsp3) is 0.100. The minimum atomic E-state index is -1.60. The average molecular weight is 190 g/mol. The first-order chi connectivity index (χ1) is 6.68. The van der Waals surface area contributed by atoms with Crippen LogP contribution in [0.2, 0.25) is 0 Å². The molecule has 1 atom stereocenters. The van der Waals surface area contributed by atoms with Gasteiger partial charge in [-0.3, -0.25) is 0 Å². The second-order valence-corrected chi connectivity index (χ2v) is 3.03. The Hall–Kier alpha value is -1.81. The van der Waals surface area contributed by atoms with E-state index in [0.29, 0.717) is 0 Å². The van der Waals surface area contributed by atoms with Crippen molar-refractivity contribution in [2.24, 2.45) is 0 Å². The Bertz CT molecular complexity index is 442. The van der Waals surface area contributed by atoms with Crippen molar-refractivity contribution in [2.75, 3.05) is 0 Å². The zero-order chi connectivity index (χ0) is 10.1. The molecule has 0 aliphatic rings. The maximum absolute atomic E-state index is 10.4. The molecule has 4 heteroatoms. The van der Waals surface area contributed by atoms with Crippen molar-refractivity contribution in [2.45, 2.75) is 6.10 Å². The number of aromatic nitrogens is 1. The molecule has 0 fully saturated rings. The number of carboxylic acid groups (broad SMARTS) is 1. The lowest BCUT2D eigenvalue weighted by Gasteiger charge is -2.08. The largest absolute Gasteiger partial charge is 0.547 e. The molecule has 0 bridgehead atoms. The summed E-state index contributed by atoms with van der Waals surface area (Å²) < 4.78 is 0. The molecule has 72 valence electrons. The Morgan fingerprint density at radius 1 is 1.43 bits per heavy atom. The zero-order valence-electron chi connectivity index (χ0n) is 7.23. The number of aliphatic hydroxyl groups excluding tert-OH is 1. The van der Waals surface area contributed by atoms with Crippen LogP contribution in [0.5, 0.6) is 0 Å². The number of para-hydroxylation sites is 1. The predicted octanol–water partition coefficient (Wildman–Crippen LogP) is -0.0488. The van der Waals surface area contributed by atoms with Crippen LogP contribution in [0, 0.1) is 0 Å². The Balaban J connectivity index is 2.50. The van der Waals surface area contributed by atoms with Gasteiger partial charge < -0.3 is 20.0 Å². The van der Waals surface area contributed by atoms with Gasteiger partial charge in [-0.1, -0.05) is 18.2 Å². The summed E-state index contributed by atoms with van der Waals surface area (Å²) >= 11 is 0. The van der Waals surface area contributed by atoms with Crippen LogP contribution >= 0.6 is 0 Å². The van der Waals surface area contributed by atoms with E-state index in [1.54, 1.807) is 12.1 Å². The van der Waals surface area contributed by atoms with Gasteiger partial charge in [-0.15, -0.1) is 0 Å². The Morgan fingerprint density at radius 2 is 2.14 bits per heavy atom. The molecule has 2 N–H and O–H groups in total. The predicted molar refractivity (Wildman–Crippen MR) is 48.3 cm³/mol. The van der Waals surface area contributed by atoms with Crippen LogP contribution in [0.15, 0.2) is 30.3 Å². The van der Waals surface area contributed by atoms with Gasteiger partial charge in [0, 0.05) is 5.52 Å². The minimum Gasteiger partial charge on any atom is -0.547 e. The SMILES string of the molecule is O=C([O-])C(O)c1cc2ccccc2[nH]1. The number of rotatable bonds is 2. The van der Waals surface area contributed by atoms with E-state index in [9.17, 15) is 15.0 Å². The van der Waals surface area contributed by atoms with Crippen molar-refractivity contribution in [3.05, 3.63) is 36.0 Å². The molecular weight excluding hydrogens is 182 g/mol. The number of aliphatic carboxylic acids is 1. The van der Waals surface area contributed by atoms with Crippen LogP contribution in [-0.2, 0) is 4.79 Å². The van der Waals surface area contributed by atoms with Crippen molar-refractivity contribution < 1.29 is 15.0 Å². The summed E-state index contributed by atoms with van der Waals surface area (Å²) in [6.07, 6.45) is -1.60. The lowest BCUT2D eigenvalue weighted by Crippen LogP contribution is -2.29. The summed E-state index contributed by atoms with van der Waals surface area (Å²) in [6, 6.07) is 8.90. The summed E-state index contributed by atoms with van der Waals surface area (Å²) in [5.41, 5.74) is 1.04. The van der Waals surface area contributed by atoms with E-state index in [2.05, 4.69) is 4.98 Å². The van der Waals surface area contributed by atoms with Gasteiger partial charge in [0.15, 0.2) is 0 Å². The number of carbonyl (C=O) groups excluding carboxylic acids is 1. The van der Waals surface area contributed by atoms with Gasteiger partial charge in [-0.05, 0) is 17.5 Å². The van der Waals surface area contributed by atoms with Crippen LogP contribution in [0.3, 0.4) is 0 Å². The average Bonchev–Trinajstić information content (AvgIpc) is 2.59. The first-order valence-electron chi connectivity index (χ1n) is 4.15. The maximum atomic E-state index is 10.4. The van der Waals surface area contributed by atoms with Gasteiger partial charge in [-0.25, -0.2) is 0 Å². The molecular formula is C10H8NO3-. The van der Waals surface area contributed by atoms with Crippen molar-refractivity contribution >= 4 is 16.9 Å². The molecule has 0 saturated carbocycles. The van der Waals surface area contributed by atoms with Crippen LogP contribution in [0.4, 0.5) is 0 Å². The molecule has 1 unspecified atom stereocenters. The van der Waals surface area contributed by atoms with Gasteiger partial charge in [0.25, 0.3) is 0 Å². The fourth-order valence-electron chi connectivity index (χ4n) is 1.37. The van der Waals surface area contributed by atoms with E-state index in [0.717, 1.165) is 10.9 Å². The van der Waals surface area contributed by atoms with Crippen LogP contribution < -0.4 is 5.11 Å². The maximum Gasteiger partial charge on any atom is 0.133 e. The highest BCUT2D eigenvalue weighted by molar-refractivity contribution is 5.82. The lowest BCUT2D eigenvalue weighted by atomic mass is 10.2. The molecule has 0 aliphatic heterocycles. The van der Waals surface area contributed by atoms with Crippen molar-refractivity contribution in [1.82, 2.24) is 4.98 Å². The molecule has 1 aromatic heterocycles. The number of H-pyrrole nitrogens is 1. The highest BCUT2D eigenvalue weighted by atomic mass is 16.4. The van der Waals surface area contributed by atoms with E-state index in [1.807, 2.05) is 18.2 Å². The number of aliphatic hydroxyl groups is 1. The van der Waals surface area contributed by atoms with Gasteiger partial charge in [0.05, 0.1) is 11.7 Å². The van der Waals surface area contributed by atoms with Crippen LogP contribution in [0.1, 0.15) is 11.8 Å². The van der Waals surface area contributed by atoms with Crippen molar-refractivity contribution in [1.29, 1.82) is 0 Å². The first-order valence-corrected chi connectivity index (χ1v) is 4.15. The standard InChI is InChI=1S/C10H9NO3/c12-9(10(13)14)8-5-6-3-1-2-4-7(6)11-8/h1-5,9,11-12H,(H,13,14)/p-1. The molecule has 0 radical (unpaired) electrons. The normalized spacial score (nSPS) is 12.9. The van der Waals surface area contributed by atoms with E-state index in [4.69, 9.17) is 0 Å². The summed E-state index contributed by atoms with van der Waals surface area (Å²) in [6.45, 7) is 0. The number of fused-ring (bicyclic) bond motifs is 1. The summed E-state index contributed by atoms with van der Waals surface area (Å²) in [7, 11) is 0. The topological polar surface area (TPSA) is 76.2 Å². The summed E-state index contributed by atoms with van der Waals surface area (Å²) in [5, 5.41) is 20.5. The molecule has 1 heterocycles. The van der Waals surface area contributed by atoms with Gasteiger partial charge in [0.2, 0.25) is 0 Å². The van der Waals surface area contributed by atoms with E-state index in [-0.39, 0.29) is 5.69 Å². The van der Waals surface area contributed by atoms with Crippen LogP contribution in [0.25, 0.3) is 10.9 Å². The number of hydrogen-bond donors (Lipinski definition) is 2. The Labute approximate surface area is 79.8 Å². The second-order valence-electron chi connectivity index (χ2n) is 3.03. The fourth-order valence-corrected chi connectivity index (χ4v) is 1.37. The third-order valence-corrected chi connectivity index (χ3v) is 2.07. The Morgan fingerprint density at radius 3 is 2.79 bits per heavy atom. The number of benzene rings is 1. The number of nitrogens with one attached hydrogen (secondary N) is 1. The number of hydrogen-bond acceptors (Lipinski definition) is 3. The molecule has 0 saturated heterocycles. The molecule has 1 aromatic carbocycles. The number of carbonyl (C=O) groups is 1. The number of aromatic amines is 1. The molecule has 14 heavy (non-hydrogen) atoms. The molecule has 0 amide bonds. The van der Waals surface area contributed by atoms with Gasteiger partial charge in [0.1, 0.15) is 6.10 Å². The smallest absolute Gasteiger partial charge is 0.133 e. The van der Waals surface area contributed by atoms with Gasteiger partial charge >= 0.3 is 0 Å². The second kappa shape index (κ2) is 3.16. The van der Waals surface area contributed by atoms with E-state index >= 15 is 0 Å². The highest BCUT2D eigenvalue weighted by Crippen LogP contribution is 2.19. The highest BCUT2D eigenvalue weighted by Gasteiger charge is 2.10. The molecule has 4 nitrogen and oxygen atoms in total. The molecule has 0 spiro atoms. The Kier molecular flexibility index (Phi) is 1.98.